The fraction of sp³-hybridized carbons (Fsp3) is 0.500. The van der Waals surface area contributed by atoms with Gasteiger partial charge in [0.25, 0.3) is 0 Å². The molecule has 1 heterocycles. The van der Waals surface area contributed by atoms with E-state index < -0.39 is 11.8 Å². The molecule has 0 radical (unpaired) electrons. The summed E-state index contributed by atoms with van der Waals surface area (Å²) in [5, 5.41) is 9.36. The van der Waals surface area contributed by atoms with Crippen LogP contribution >= 0.6 is 0 Å². The molecule has 0 bridgehead atoms. The number of aliphatic carboxylic acids is 1. The third-order valence-electron chi connectivity index (χ3n) is 4.76. The summed E-state index contributed by atoms with van der Waals surface area (Å²) in [5.41, 5.74) is 0.700. The molecule has 0 fully saturated rings. The Labute approximate surface area is 154 Å². The van der Waals surface area contributed by atoms with Crippen molar-refractivity contribution in [3.63, 3.8) is 0 Å². The van der Waals surface area contributed by atoms with Gasteiger partial charge in [0.05, 0.1) is 18.9 Å². The number of pyridine rings is 1. The number of aromatic nitrogens is 1. The fourth-order valence-corrected chi connectivity index (χ4v) is 3.45. The molecule has 6 heteroatoms. The second-order valence-electron chi connectivity index (χ2n) is 7.11. The average Bonchev–Trinajstić information content (AvgIpc) is 2.59. The van der Waals surface area contributed by atoms with E-state index in [0.29, 0.717) is 30.1 Å². The molecular formula is C20H27FN2O3. The molecule has 5 nitrogen and oxygen atoms in total. The van der Waals surface area contributed by atoms with Gasteiger partial charge in [0, 0.05) is 42.1 Å². The fourth-order valence-electron chi connectivity index (χ4n) is 3.45. The van der Waals surface area contributed by atoms with Gasteiger partial charge in [-0.15, -0.1) is 0 Å². The minimum absolute atomic E-state index is 0.169. The number of hydrogen-bond acceptors (Lipinski definition) is 4. The largest absolute Gasteiger partial charge is 0.481 e. The summed E-state index contributed by atoms with van der Waals surface area (Å²) in [6, 6.07) is 2.17. The van der Waals surface area contributed by atoms with Gasteiger partial charge in [0.15, 0.2) is 0 Å². The van der Waals surface area contributed by atoms with E-state index in [1.54, 1.807) is 24.3 Å². The molecule has 142 valence electrons. The van der Waals surface area contributed by atoms with Crippen LogP contribution < -0.4 is 4.74 Å². The van der Waals surface area contributed by atoms with E-state index in [9.17, 15) is 14.3 Å². The Morgan fingerprint density at radius 3 is 2.54 bits per heavy atom. The second-order valence-corrected chi connectivity index (χ2v) is 7.11. The second kappa shape index (κ2) is 8.45. The SMILES string of the molecule is COc1cc(C2C=CC(C(=O)O)=CC2CN(C(C)C)C(C)C)c(F)cn1. The maximum absolute atomic E-state index is 14.5. The molecular weight excluding hydrogens is 335 g/mol. The van der Waals surface area contributed by atoms with Gasteiger partial charge < -0.3 is 9.84 Å². The number of ether oxygens (including phenoxy) is 1. The molecule has 1 aromatic rings. The minimum Gasteiger partial charge on any atom is -0.481 e. The van der Waals surface area contributed by atoms with E-state index in [4.69, 9.17) is 4.74 Å². The van der Waals surface area contributed by atoms with Crippen LogP contribution in [0, 0.1) is 11.7 Å². The number of nitrogens with zero attached hydrogens (tertiary/aromatic N) is 2. The Balaban J connectivity index is 2.43. The number of rotatable bonds is 7. The maximum Gasteiger partial charge on any atom is 0.335 e. The molecule has 1 aromatic heterocycles. The van der Waals surface area contributed by atoms with Crippen LogP contribution in [0.3, 0.4) is 0 Å². The van der Waals surface area contributed by atoms with Gasteiger partial charge in [-0.25, -0.2) is 14.2 Å². The maximum atomic E-state index is 14.5. The predicted molar refractivity (Wildman–Crippen MR) is 98.8 cm³/mol. The Morgan fingerprint density at radius 2 is 2.00 bits per heavy atom. The van der Waals surface area contributed by atoms with Crippen LogP contribution in [0.2, 0.25) is 0 Å². The van der Waals surface area contributed by atoms with Gasteiger partial charge in [-0.1, -0.05) is 18.2 Å². The van der Waals surface area contributed by atoms with Gasteiger partial charge in [-0.05, 0) is 27.7 Å². The highest BCUT2D eigenvalue weighted by Gasteiger charge is 2.30. The van der Waals surface area contributed by atoms with Gasteiger partial charge in [0.1, 0.15) is 5.82 Å². The first-order chi connectivity index (χ1) is 12.2. The van der Waals surface area contributed by atoms with Crippen molar-refractivity contribution in [2.45, 2.75) is 45.7 Å². The Bertz CT molecular complexity index is 705. The van der Waals surface area contributed by atoms with Crippen molar-refractivity contribution in [1.82, 2.24) is 9.88 Å². The van der Waals surface area contributed by atoms with Crippen LogP contribution in [-0.4, -0.2) is 46.7 Å². The lowest BCUT2D eigenvalue weighted by Gasteiger charge is -2.36. The van der Waals surface area contributed by atoms with Crippen molar-refractivity contribution in [2.24, 2.45) is 5.92 Å². The molecule has 0 spiro atoms. The van der Waals surface area contributed by atoms with Crippen molar-refractivity contribution in [2.75, 3.05) is 13.7 Å². The molecule has 1 aliphatic rings. The van der Waals surface area contributed by atoms with E-state index in [2.05, 4.69) is 37.6 Å². The normalized spacial score (nSPS) is 20.0. The lowest BCUT2D eigenvalue weighted by molar-refractivity contribution is -0.132. The number of carboxylic acids is 1. The zero-order chi connectivity index (χ0) is 19.4. The monoisotopic (exact) mass is 362 g/mol. The van der Waals surface area contributed by atoms with Crippen molar-refractivity contribution in [3.8, 4) is 5.88 Å². The Kier molecular flexibility index (Phi) is 6.53. The standard InChI is InChI=1S/C20H27FN2O3/c1-12(2)23(13(3)4)11-15-8-14(20(24)25)6-7-16(15)17-9-19(26-5)22-10-18(17)21/h6-10,12-13,15-16H,11H2,1-5H3,(H,24,25). The molecule has 0 amide bonds. The smallest absolute Gasteiger partial charge is 0.335 e. The highest BCUT2D eigenvalue weighted by atomic mass is 19.1. The summed E-state index contributed by atoms with van der Waals surface area (Å²) in [6.07, 6.45) is 6.20. The predicted octanol–water partition coefficient (Wildman–Crippen LogP) is 3.63. The molecule has 0 saturated heterocycles. The van der Waals surface area contributed by atoms with Gasteiger partial charge >= 0.3 is 5.97 Å². The van der Waals surface area contributed by atoms with E-state index in [0.717, 1.165) is 6.20 Å². The minimum atomic E-state index is -0.974. The van der Waals surface area contributed by atoms with Crippen LogP contribution in [-0.2, 0) is 4.79 Å². The Morgan fingerprint density at radius 1 is 1.35 bits per heavy atom. The van der Waals surface area contributed by atoms with Gasteiger partial charge in [0.2, 0.25) is 5.88 Å². The number of allylic oxidation sites excluding steroid dienone is 1. The first-order valence-electron chi connectivity index (χ1n) is 8.83. The zero-order valence-corrected chi connectivity index (χ0v) is 15.9. The highest BCUT2D eigenvalue weighted by Crippen LogP contribution is 2.36. The third kappa shape index (κ3) is 4.49. The van der Waals surface area contributed by atoms with Crippen LogP contribution in [0.25, 0.3) is 0 Å². The van der Waals surface area contributed by atoms with Gasteiger partial charge in [-0.2, -0.15) is 0 Å². The number of carbonyl (C=O) groups is 1. The average molecular weight is 362 g/mol. The molecule has 2 unspecified atom stereocenters. The summed E-state index contributed by atoms with van der Waals surface area (Å²) in [4.78, 5) is 17.6. The van der Waals surface area contributed by atoms with Crippen molar-refractivity contribution >= 4 is 5.97 Å². The molecule has 2 rings (SSSR count). The molecule has 26 heavy (non-hydrogen) atoms. The van der Waals surface area contributed by atoms with Crippen molar-refractivity contribution < 1.29 is 19.0 Å². The summed E-state index contributed by atoms with van der Waals surface area (Å²) in [6.45, 7) is 9.04. The van der Waals surface area contributed by atoms with E-state index >= 15 is 0 Å². The first kappa shape index (κ1) is 20.1. The summed E-state index contributed by atoms with van der Waals surface area (Å²) in [5.74, 6) is -1.50. The summed E-state index contributed by atoms with van der Waals surface area (Å²) < 4.78 is 19.6. The highest BCUT2D eigenvalue weighted by molar-refractivity contribution is 5.90. The van der Waals surface area contributed by atoms with Crippen LogP contribution in [0.5, 0.6) is 5.88 Å². The lowest BCUT2D eigenvalue weighted by atomic mass is 9.80. The quantitative estimate of drug-likeness (QED) is 0.802. The zero-order valence-electron chi connectivity index (χ0n) is 15.9. The number of halogens is 1. The van der Waals surface area contributed by atoms with E-state index in [1.165, 1.54) is 7.11 Å². The summed E-state index contributed by atoms with van der Waals surface area (Å²) in [7, 11) is 1.49. The molecule has 0 aliphatic heterocycles. The molecule has 1 aliphatic carbocycles. The number of carboxylic acid groups (broad SMARTS) is 1. The van der Waals surface area contributed by atoms with Crippen molar-refractivity contribution in [1.29, 1.82) is 0 Å². The number of methoxy groups -OCH3 is 1. The van der Waals surface area contributed by atoms with Gasteiger partial charge in [-0.3, -0.25) is 4.90 Å². The number of hydrogen-bond donors (Lipinski definition) is 1. The summed E-state index contributed by atoms with van der Waals surface area (Å²) >= 11 is 0. The molecule has 1 N–H and O–H groups in total. The first-order valence-corrected chi connectivity index (χ1v) is 8.83. The molecule has 0 aromatic carbocycles. The van der Waals surface area contributed by atoms with Crippen LogP contribution in [0.4, 0.5) is 4.39 Å². The van der Waals surface area contributed by atoms with Crippen LogP contribution in [0.15, 0.2) is 36.1 Å². The van der Waals surface area contributed by atoms with E-state index in [1.807, 2.05) is 0 Å². The van der Waals surface area contributed by atoms with Crippen molar-refractivity contribution in [3.05, 3.63) is 47.4 Å². The topological polar surface area (TPSA) is 62.7 Å². The lowest BCUT2D eigenvalue weighted by Crippen LogP contribution is -2.41. The van der Waals surface area contributed by atoms with Crippen LogP contribution in [0.1, 0.15) is 39.2 Å². The molecule has 0 saturated carbocycles. The third-order valence-corrected chi connectivity index (χ3v) is 4.76. The van der Waals surface area contributed by atoms with E-state index in [-0.39, 0.29) is 17.4 Å². The molecule has 2 atom stereocenters. The Hall–Kier alpha value is -2.21.